The van der Waals surface area contributed by atoms with Gasteiger partial charge in [-0.05, 0) is 36.6 Å². The first kappa shape index (κ1) is 14.1. The molecule has 3 heteroatoms. The lowest BCUT2D eigenvalue weighted by Gasteiger charge is -2.12. The van der Waals surface area contributed by atoms with Gasteiger partial charge >= 0.3 is 0 Å². The maximum atomic E-state index is 11.8. The quantitative estimate of drug-likeness (QED) is 0.643. The van der Waals surface area contributed by atoms with E-state index in [0.717, 1.165) is 17.5 Å². The van der Waals surface area contributed by atoms with Crippen LogP contribution in [0.15, 0.2) is 24.3 Å². The molecular formula is C16H19ClNO. The highest BCUT2D eigenvalue weighted by atomic mass is 35.5. The number of pyridine rings is 1. The largest absolute Gasteiger partial charge is 0.288 e. The van der Waals surface area contributed by atoms with Gasteiger partial charge in [0.15, 0.2) is 0 Å². The third-order valence-electron chi connectivity index (χ3n) is 3.53. The summed E-state index contributed by atoms with van der Waals surface area (Å²) in [5, 5.41) is 13.2. The molecule has 19 heavy (non-hydrogen) atoms. The van der Waals surface area contributed by atoms with E-state index in [9.17, 15) is 5.11 Å². The Morgan fingerprint density at radius 1 is 1.21 bits per heavy atom. The van der Waals surface area contributed by atoms with Crippen molar-refractivity contribution in [1.82, 2.24) is 4.98 Å². The number of unbranched alkanes of at least 4 members (excludes halogenated alkanes) is 2. The summed E-state index contributed by atoms with van der Waals surface area (Å²) >= 11 is 6.08. The van der Waals surface area contributed by atoms with Gasteiger partial charge in [0, 0.05) is 11.1 Å². The summed E-state index contributed by atoms with van der Waals surface area (Å²) in [5.74, 6) is 0.330. The first-order valence-corrected chi connectivity index (χ1v) is 7.27. The Balaban J connectivity index is 2.28. The first-order chi connectivity index (χ1) is 9.13. The molecule has 2 nitrogen and oxygen atoms in total. The summed E-state index contributed by atoms with van der Waals surface area (Å²) < 4.78 is 0. The topological polar surface area (TPSA) is 32.8 Å². The van der Waals surface area contributed by atoms with Gasteiger partial charge in [-0.2, -0.15) is 0 Å². The highest BCUT2D eigenvalue weighted by molar-refractivity contribution is 6.35. The highest BCUT2D eigenvalue weighted by Gasteiger charge is 2.11. The van der Waals surface area contributed by atoms with E-state index in [2.05, 4.69) is 18.8 Å². The van der Waals surface area contributed by atoms with E-state index in [-0.39, 0.29) is 5.75 Å². The second kappa shape index (κ2) is 6.25. The standard InChI is InChI=1S/C16H19ClNO/c1-3-4-5-6-11(2)14-9-7-12-13(17)8-10-15(19)16(12)18-14/h7-11H,3-6H2,1-2H3. The Hall–Kier alpha value is -1.28. The number of rotatable bonds is 5. The summed E-state index contributed by atoms with van der Waals surface area (Å²) in [4.78, 5) is 4.52. The maximum Gasteiger partial charge on any atom is 0.204 e. The molecule has 0 saturated heterocycles. The van der Waals surface area contributed by atoms with Gasteiger partial charge in [0.1, 0.15) is 5.52 Å². The Morgan fingerprint density at radius 3 is 2.74 bits per heavy atom. The molecule has 1 heterocycles. The van der Waals surface area contributed by atoms with E-state index in [1.807, 2.05) is 12.1 Å². The van der Waals surface area contributed by atoms with Gasteiger partial charge in [-0.25, -0.2) is 4.98 Å². The number of aromatic nitrogens is 1. The second-order valence-corrected chi connectivity index (χ2v) is 5.48. The molecule has 1 radical (unpaired) electrons. The molecule has 0 N–H and O–H groups in total. The number of fused-ring (bicyclic) bond motifs is 1. The molecule has 0 saturated carbocycles. The monoisotopic (exact) mass is 276 g/mol. The van der Waals surface area contributed by atoms with Crippen LogP contribution in [0, 0.1) is 0 Å². The van der Waals surface area contributed by atoms with Crippen molar-refractivity contribution in [1.29, 1.82) is 0 Å². The third-order valence-corrected chi connectivity index (χ3v) is 3.86. The van der Waals surface area contributed by atoms with Crippen LogP contribution in [-0.4, -0.2) is 4.98 Å². The lowest BCUT2D eigenvalue weighted by molar-refractivity contribution is 0.359. The zero-order valence-electron chi connectivity index (χ0n) is 11.4. The minimum atomic E-state index is -0.0537. The second-order valence-electron chi connectivity index (χ2n) is 5.07. The lowest BCUT2D eigenvalue weighted by Crippen LogP contribution is -1.97. The lowest BCUT2D eigenvalue weighted by atomic mass is 9.98. The van der Waals surface area contributed by atoms with Crippen molar-refractivity contribution in [3.63, 3.8) is 0 Å². The smallest absolute Gasteiger partial charge is 0.204 e. The van der Waals surface area contributed by atoms with Gasteiger partial charge in [-0.3, -0.25) is 5.11 Å². The Labute approximate surface area is 119 Å². The van der Waals surface area contributed by atoms with E-state index in [1.165, 1.54) is 25.3 Å². The minimum Gasteiger partial charge on any atom is -0.288 e. The van der Waals surface area contributed by atoms with E-state index >= 15 is 0 Å². The van der Waals surface area contributed by atoms with Crippen LogP contribution in [0.2, 0.25) is 5.02 Å². The fourth-order valence-electron chi connectivity index (χ4n) is 2.30. The predicted octanol–water partition coefficient (Wildman–Crippen LogP) is 5.72. The minimum absolute atomic E-state index is 0.0537. The van der Waals surface area contributed by atoms with E-state index in [1.54, 1.807) is 6.07 Å². The van der Waals surface area contributed by atoms with Crippen molar-refractivity contribution < 1.29 is 5.11 Å². The molecule has 1 aromatic heterocycles. The molecule has 0 bridgehead atoms. The molecule has 2 aromatic rings. The summed E-state index contributed by atoms with van der Waals surface area (Å²) in [7, 11) is 0. The molecule has 1 unspecified atom stereocenters. The van der Waals surface area contributed by atoms with Crippen LogP contribution in [0.25, 0.3) is 10.9 Å². The average Bonchev–Trinajstić information content (AvgIpc) is 2.43. The van der Waals surface area contributed by atoms with Crippen LogP contribution in [-0.2, 0) is 5.11 Å². The van der Waals surface area contributed by atoms with Crippen molar-refractivity contribution in [3.8, 4) is 5.75 Å². The van der Waals surface area contributed by atoms with Crippen LogP contribution < -0.4 is 0 Å². The summed E-state index contributed by atoms with van der Waals surface area (Å²) in [6.45, 7) is 4.36. The van der Waals surface area contributed by atoms with Crippen molar-refractivity contribution in [2.45, 2.75) is 45.4 Å². The number of halogens is 1. The SMILES string of the molecule is CCCCCC(C)c1ccc2c(Cl)ccc([O])c2n1. The number of nitrogens with zero attached hydrogens (tertiary/aromatic N) is 1. The van der Waals surface area contributed by atoms with Gasteiger partial charge in [0.2, 0.25) is 5.75 Å². The van der Waals surface area contributed by atoms with E-state index in [4.69, 9.17) is 11.6 Å². The summed E-state index contributed by atoms with van der Waals surface area (Å²) in [5.41, 5.74) is 1.48. The molecule has 0 aliphatic rings. The molecule has 0 aliphatic heterocycles. The molecule has 1 aromatic carbocycles. The Kier molecular flexibility index (Phi) is 4.65. The molecule has 0 spiro atoms. The Bertz CT molecular complexity index is 568. The number of hydrogen-bond acceptors (Lipinski definition) is 1. The van der Waals surface area contributed by atoms with Crippen LogP contribution in [0.1, 0.15) is 51.1 Å². The fraction of sp³-hybridized carbons (Fsp3) is 0.438. The van der Waals surface area contributed by atoms with Gasteiger partial charge in [0.05, 0.1) is 5.02 Å². The van der Waals surface area contributed by atoms with Gasteiger partial charge in [-0.1, -0.05) is 44.7 Å². The van der Waals surface area contributed by atoms with Crippen molar-refractivity contribution >= 4 is 22.5 Å². The van der Waals surface area contributed by atoms with Gasteiger partial charge in [0.25, 0.3) is 0 Å². The molecule has 1 atom stereocenters. The normalized spacial score (nSPS) is 12.8. The van der Waals surface area contributed by atoms with E-state index in [0.29, 0.717) is 16.5 Å². The molecule has 0 fully saturated rings. The molecular weight excluding hydrogens is 258 g/mol. The van der Waals surface area contributed by atoms with Crippen molar-refractivity contribution in [2.75, 3.05) is 0 Å². The molecule has 0 amide bonds. The fourth-order valence-corrected chi connectivity index (χ4v) is 2.51. The van der Waals surface area contributed by atoms with Gasteiger partial charge in [-0.15, -0.1) is 0 Å². The zero-order valence-corrected chi connectivity index (χ0v) is 12.2. The van der Waals surface area contributed by atoms with Crippen LogP contribution in [0.5, 0.6) is 5.75 Å². The van der Waals surface area contributed by atoms with Crippen molar-refractivity contribution in [3.05, 3.63) is 35.0 Å². The summed E-state index contributed by atoms with van der Waals surface area (Å²) in [6.07, 6.45) is 4.78. The van der Waals surface area contributed by atoms with Gasteiger partial charge < -0.3 is 0 Å². The Morgan fingerprint density at radius 2 is 2.00 bits per heavy atom. The predicted molar refractivity (Wildman–Crippen MR) is 79.4 cm³/mol. The molecule has 2 rings (SSSR count). The zero-order chi connectivity index (χ0) is 13.8. The number of hydrogen-bond donors (Lipinski definition) is 0. The molecule has 101 valence electrons. The van der Waals surface area contributed by atoms with Crippen LogP contribution >= 0.6 is 11.6 Å². The first-order valence-electron chi connectivity index (χ1n) is 6.89. The van der Waals surface area contributed by atoms with Crippen LogP contribution in [0.3, 0.4) is 0 Å². The average molecular weight is 277 g/mol. The highest BCUT2D eigenvalue weighted by Crippen LogP contribution is 2.31. The number of benzene rings is 1. The third kappa shape index (κ3) is 3.19. The van der Waals surface area contributed by atoms with Crippen molar-refractivity contribution in [2.24, 2.45) is 0 Å². The summed E-state index contributed by atoms with van der Waals surface area (Å²) in [6, 6.07) is 7.03. The van der Waals surface area contributed by atoms with Crippen LogP contribution in [0.4, 0.5) is 0 Å². The van der Waals surface area contributed by atoms with E-state index < -0.39 is 0 Å². The maximum absolute atomic E-state index is 11.8. The molecule has 0 aliphatic carbocycles.